The molecule has 2 unspecified atom stereocenters. The molecule has 1 fully saturated rings. The Morgan fingerprint density at radius 2 is 2.22 bits per heavy atom. The first-order chi connectivity index (χ1) is 8.88. The van der Waals surface area contributed by atoms with E-state index in [-0.39, 0.29) is 12.5 Å². The van der Waals surface area contributed by atoms with Gasteiger partial charge in [-0.15, -0.1) is 10.2 Å². The van der Waals surface area contributed by atoms with E-state index >= 15 is 0 Å². The van der Waals surface area contributed by atoms with Crippen molar-refractivity contribution in [1.29, 1.82) is 0 Å². The quantitative estimate of drug-likeness (QED) is 0.874. The number of nitrogens with zero attached hydrogens (tertiary/aromatic N) is 3. The SMILES string of the molecule is OCC1CCCn2c(CC3CCCOC3)nnc21. The molecule has 0 spiro atoms. The van der Waals surface area contributed by atoms with E-state index in [1.807, 2.05) is 0 Å². The van der Waals surface area contributed by atoms with Crippen LogP contribution < -0.4 is 0 Å². The zero-order valence-corrected chi connectivity index (χ0v) is 10.7. The largest absolute Gasteiger partial charge is 0.396 e. The Balaban J connectivity index is 1.74. The molecule has 0 radical (unpaired) electrons. The van der Waals surface area contributed by atoms with Gasteiger partial charge in [-0.1, -0.05) is 0 Å². The van der Waals surface area contributed by atoms with Gasteiger partial charge in [0.25, 0.3) is 0 Å². The molecule has 2 aliphatic heterocycles. The molecule has 2 aliphatic rings. The smallest absolute Gasteiger partial charge is 0.138 e. The molecular weight excluding hydrogens is 230 g/mol. The molecule has 18 heavy (non-hydrogen) atoms. The summed E-state index contributed by atoms with van der Waals surface area (Å²) in [6, 6.07) is 0. The van der Waals surface area contributed by atoms with Crippen LogP contribution in [0.4, 0.5) is 0 Å². The van der Waals surface area contributed by atoms with Crippen molar-refractivity contribution in [3.8, 4) is 0 Å². The van der Waals surface area contributed by atoms with Crippen molar-refractivity contribution in [2.24, 2.45) is 5.92 Å². The summed E-state index contributed by atoms with van der Waals surface area (Å²) in [5.74, 6) is 2.83. The molecule has 0 aromatic carbocycles. The van der Waals surface area contributed by atoms with Crippen LogP contribution in [0.15, 0.2) is 0 Å². The Labute approximate surface area is 107 Å². The van der Waals surface area contributed by atoms with Crippen molar-refractivity contribution < 1.29 is 9.84 Å². The molecule has 1 aromatic heterocycles. The summed E-state index contributed by atoms with van der Waals surface area (Å²) in [4.78, 5) is 0. The second-order valence-corrected chi connectivity index (χ2v) is 5.44. The lowest BCUT2D eigenvalue weighted by Gasteiger charge is -2.24. The number of fused-ring (bicyclic) bond motifs is 1. The first-order valence-electron chi connectivity index (χ1n) is 6.99. The zero-order chi connectivity index (χ0) is 12.4. The minimum atomic E-state index is 0.183. The molecule has 3 heterocycles. The van der Waals surface area contributed by atoms with Gasteiger partial charge >= 0.3 is 0 Å². The number of hydrogen-bond donors (Lipinski definition) is 1. The third-order valence-electron chi connectivity index (χ3n) is 4.10. The summed E-state index contributed by atoms with van der Waals surface area (Å²) in [6.07, 6.45) is 5.49. The highest BCUT2D eigenvalue weighted by Crippen LogP contribution is 2.27. The Morgan fingerprint density at radius 1 is 1.28 bits per heavy atom. The molecule has 3 rings (SSSR count). The van der Waals surface area contributed by atoms with Crippen molar-refractivity contribution in [2.75, 3.05) is 19.8 Å². The third-order valence-corrected chi connectivity index (χ3v) is 4.10. The van der Waals surface area contributed by atoms with Gasteiger partial charge in [0.1, 0.15) is 11.6 Å². The molecule has 1 aromatic rings. The Bertz CT molecular complexity index is 399. The van der Waals surface area contributed by atoms with Gasteiger partial charge in [-0.2, -0.15) is 0 Å². The number of aliphatic hydroxyl groups is 1. The fourth-order valence-electron chi connectivity index (χ4n) is 3.07. The Kier molecular flexibility index (Phi) is 3.61. The van der Waals surface area contributed by atoms with Crippen LogP contribution in [-0.4, -0.2) is 39.7 Å². The highest BCUT2D eigenvalue weighted by Gasteiger charge is 2.26. The van der Waals surface area contributed by atoms with Crippen molar-refractivity contribution in [3.63, 3.8) is 0 Å². The van der Waals surface area contributed by atoms with Crippen molar-refractivity contribution in [1.82, 2.24) is 14.8 Å². The summed E-state index contributed by atoms with van der Waals surface area (Å²) >= 11 is 0. The van der Waals surface area contributed by atoms with Crippen LogP contribution in [0.2, 0.25) is 0 Å². The molecule has 0 saturated carbocycles. The Hall–Kier alpha value is -0.940. The lowest BCUT2D eigenvalue weighted by Crippen LogP contribution is -2.23. The monoisotopic (exact) mass is 251 g/mol. The molecular formula is C13H21N3O2. The fourth-order valence-corrected chi connectivity index (χ4v) is 3.07. The maximum absolute atomic E-state index is 9.37. The van der Waals surface area contributed by atoms with Crippen LogP contribution >= 0.6 is 0 Å². The van der Waals surface area contributed by atoms with Gasteiger partial charge in [-0.3, -0.25) is 0 Å². The van der Waals surface area contributed by atoms with E-state index in [1.165, 1.54) is 6.42 Å². The Morgan fingerprint density at radius 3 is 3.00 bits per heavy atom. The van der Waals surface area contributed by atoms with E-state index < -0.39 is 0 Å². The standard InChI is InChI=1S/C13H21N3O2/c17-8-11-4-1-5-16-12(14-15-13(11)16)7-10-3-2-6-18-9-10/h10-11,17H,1-9H2. The lowest BCUT2D eigenvalue weighted by atomic mass is 9.97. The maximum atomic E-state index is 9.37. The summed E-state index contributed by atoms with van der Waals surface area (Å²) in [6.45, 7) is 2.94. The van der Waals surface area contributed by atoms with Gasteiger partial charge in [0, 0.05) is 32.1 Å². The van der Waals surface area contributed by atoms with E-state index in [4.69, 9.17) is 4.74 Å². The van der Waals surface area contributed by atoms with E-state index in [1.54, 1.807) is 0 Å². The maximum Gasteiger partial charge on any atom is 0.138 e. The molecule has 0 bridgehead atoms. The topological polar surface area (TPSA) is 60.2 Å². The third kappa shape index (κ3) is 2.29. The lowest BCUT2D eigenvalue weighted by molar-refractivity contribution is 0.0538. The second-order valence-electron chi connectivity index (χ2n) is 5.44. The summed E-state index contributed by atoms with van der Waals surface area (Å²) < 4.78 is 7.74. The van der Waals surface area contributed by atoms with Crippen LogP contribution in [0.25, 0.3) is 0 Å². The van der Waals surface area contributed by atoms with Gasteiger partial charge in [-0.05, 0) is 31.6 Å². The molecule has 1 N–H and O–H groups in total. The van der Waals surface area contributed by atoms with E-state index in [9.17, 15) is 5.11 Å². The average molecular weight is 251 g/mol. The highest BCUT2D eigenvalue weighted by atomic mass is 16.5. The number of hydrogen-bond acceptors (Lipinski definition) is 4. The molecule has 2 atom stereocenters. The van der Waals surface area contributed by atoms with Gasteiger partial charge < -0.3 is 14.4 Å². The van der Waals surface area contributed by atoms with Gasteiger partial charge in [0.05, 0.1) is 6.61 Å². The minimum absolute atomic E-state index is 0.183. The fraction of sp³-hybridized carbons (Fsp3) is 0.846. The molecule has 5 nitrogen and oxygen atoms in total. The van der Waals surface area contributed by atoms with Crippen molar-refractivity contribution >= 4 is 0 Å². The molecule has 5 heteroatoms. The van der Waals surface area contributed by atoms with Crippen LogP contribution in [0.5, 0.6) is 0 Å². The highest BCUT2D eigenvalue weighted by molar-refractivity contribution is 5.06. The molecule has 0 aliphatic carbocycles. The van der Waals surface area contributed by atoms with Gasteiger partial charge in [-0.25, -0.2) is 0 Å². The normalized spacial score (nSPS) is 28.1. The number of aromatic nitrogens is 3. The molecule has 100 valence electrons. The number of aliphatic hydroxyl groups excluding tert-OH is 1. The van der Waals surface area contributed by atoms with Gasteiger partial charge in [0.15, 0.2) is 0 Å². The van der Waals surface area contributed by atoms with E-state index in [0.29, 0.717) is 5.92 Å². The van der Waals surface area contributed by atoms with E-state index in [0.717, 1.165) is 57.1 Å². The van der Waals surface area contributed by atoms with E-state index in [2.05, 4.69) is 14.8 Å². The summed E-state index contributed by atoms with van der Waals surface area (Å²) in [7, 11) is 0. The van der Waals surface area contributed by atoms with Crippen molar-refractivity contribution in [2.45, 2.75) is 44.6 Å². The predicted octanol–water partition coefficient (Wildman–Crippen LogP) is 1.12. The minimum Gasteiger partial charge on any atom is -0.396 e. The summed E-state index contributed by atoms with van der Waals surface area (Å²) in [5.41, 5.74) is 0. The number of rotatable bonds is 3. The van der Waals surface area contributed by atoms with Crippen molar-refractivity contribution in [3.05, 3.63) is 11.6 Å². The first-order valence-corrected chi connectivity index (χ1v) is 6.99. The average Bonchev–Trinajstić information content (AvgIpc) is 2.83. The summed E-state index contributed by atoms with van der Waals surface area (Å²) in [5, 5.41) is 18.0. The van der Waals surface area contributed by atoms with Crippen LogP contribution in [-0.2, 0) is 17.7 Å². The first kappa shape index (κ1) is 12.1. The second kappa shape index (κ2) is 5.36. The van der Waals surface area contributed by atoms with Crippen LogP contribution in [0.3, 0.4) is 0 Å². The van der Waals surface area contributed by atoms with Crippen LogP contribution in [0.1, 0.15) is 43.3 Å². The van der Waals surface area contributed by atoms with Crippen LogP contribution in [0, 0.1) is 5.92 Å². The zero-order valence-electron chi connectivity index (χ0n) is 10.7. The molecule has 0 amide bonds. The predicted molar refractivity (Wildman–Crippen MR) is 66.3 cm³/mol. The molecule has 1 saturated heterocycles. The van der Waals surface area contributed by atoms with Gasteiger partial charge in [0.2, 0.25) is 0 Å². The number of ether oxygens (including phenoxy) is 1.